The van der Waals surface area contributed by atoms with Crippen LogP contribution in [-0.2, 0) is 19.3 Å². The predicted molar refractivity (Wildman–Crippen MR) is 109 cm³/mol. The molecule has 162 valence electrons. The first-order chi connectivity index (χ1) is 13.9. The smallest absolute Gasteiger partial charge is 0.397 e. The highest BCUT2D eigenvalue weighted by Gasteiger charge is 2.19. The molecule has 9 nitrogen and oxygen atoms in total. The van der Waals surface area contributed by atoms with Gasteiger partial charge in [-0.1, -0.05) is 43.1 Å². The number of hydrogen-bond donors (Lipinski definition) is 1. The Morgan fingerprint density at radius 1 is 1.14 bits per heavy atom. The summed E-state index contributed by atoms with van der Waals surface area (Å²) >= 11 is 0. The summed E-state index contributed by atoms with van der Waals surface area (Å²) in [5.74, 6) is -0.413. The third-order valence-electron chi connectivity index (χ3n) is 4.35. The van der Waals surface area contributed by atoms with E-state index in [-0.39, 0.29) is 12.6 Å². The summed E-state index contributed by atoms with van der Waals surface area (Å²) in [7, 11) is -4.58. The van der Waals surface area contributed by atoms with Gasteiger partial charge in [0.15, 0.2) is 0 Å². The molecule has 1 aromatic carbocycles. The lowest BCUT2D eigenvalue weighted by atomic mass is 10.0. The van der Waals surface area contributed by atoms with E-state index in [9.17, 15) is 13.2 Å². The van der Waals surface area contributed by atoms with E-state index in [0.29, 0.717) is 44.1 Å². The molecule has 0 saturated heterocycles. The SMILES string of the molecule is CCCC[C@@H](CC[C@@H](CCCCOC(=O)c1ccccc1)OS(=O)(=O)O)N=[N+]=[N-]. The summed E-state index contributed by atoms with van der Waals surface area (Å²) in [5.41, 5.74) is 9.13. The Morgan fingerprint density at radius 3 is 2.48 bits per heavy atom. The molecule has 0 fully saturated rings. The van der Waals surface area contributed by atoms with E-state index in [4.69, 9.17) is 19.0 Å². The monoisotopic (exact) mass is 427 g/mol. The largest absolute Gasteiger partial charge is 0.462 e. The topological polar surface area (TPSA) is 139 Å². The van der Waals surface area contributed by atoms with Gasteiger partial charge in [-0.2, -0.15) is 8.42 Å². The Labute approximate surface area is 172 Å². The Morgan fingerprint density at radius 2 is 1.86 bits per heavy atom. The van der Waals surface area contributed by atoms with Gasteiger partial charge in [-0.3, -0.25) is 4.55 Å². The average molecular weight is 428 g/mol. The van der Waals surface area contributed by atoms with Crippen molar-refractivity contribution < 1.29 is 26.7 Å². The molecule has 0 aliphatic heterocycles. The van der Waals surface area contributed by atoms with Crippen molar-refractivity contribution in [3.63, 3.8) is 0 Å². The molecule has 0 aliphatic carbocycles. The van der Waals surface area contributed by atoms with Gasteiger partial charge >= 0.3 is 16.4 Å². The van der Waals surface area contributed by atoms with Gasteiger partial charge in [-0.25, -0.2) is 8.98 Å². The van der Waals surface area contributed by atoms with Crippen LogP contribution in [-0.4, -0.2) is 37.7 Å². The maximum absolute atomic E-state index is 11.9. The van der Waals surface area contributed by atoms with E-state index in [0.717, 1.165) is 12.8 Å². The van der Waals surface area contributed by atoms with Crippen LogP contribution in [0.3, 0.4) is 0 Å². The standard InChI is InChI=1S/C19H29N3O6S/c1-2-3-11-17(21-22-20)13-14-18(28-29(24,25)26)12-7-8-15-27-19(23)16-9-5-4-6-10-16/h4-6,9-10,17-18H,2-3,7-8,11-15H2,1H3,(H,24,25,26)/t17-,18+/m0/s1. The molecule has 0 spiro atoms. The lowest BCUT2D eigenvalue weighted by Gasteiger charge is -2.18. The number of azide groups is 1. The van der Waals surface area contributed by atoms with E-state index < -0.39 is 22.5 Å². The highest BCUT2D eigenvalue weighted by atomic mass is 32.3. The normalized spacial score (nSPS) is 13.3. The zero-order chi connectivity index (χ0) is 21.5. The molecule has 0 amide bonds. The molecule has 0 aliphatic rings. The summed E-state index contributed by atoms with van der Waals surface area (Å²) in [6.07, 6.45) is 4.08. The molecule has 0 unspecified atom stereocenters. The lowest BCUT2D eigenvalue weighted by molar-refractivity contribution is 0.0494. The van der Waals surface area contributed by atoms with Crippen molar-refractivity contribution >= 4 is 16.4 Å². The van der Waals surface area contributed by atoms with Crippen LogP contribution in [0.5, 0.6) is 0 Å². The van der Waals surface area contributed by atoms with Crippen LogP contribution in [0.25, 0.3) is 10.4 Å². The number of unbranched alkanes of at least 4 members (excludes halogenated alkanes) is 2. The maximum atomic E-state index is 11.9. The predicted octanol–water partition coefficient (Wildman–Crippen LogP) is 4.85. The third-order valence-corrected chi connectivity index (χ3v) is 4.86. The fraction of sp³-hybridized carbons (Fsp3) is 0.632. The summed E-state index contributed by atoms with van der Waals surface area (Å²) in [4.78, 5) is 14.7. The number of ether oxygens (including phenoxy) is 1. The second-order valence-corrected chi connectivity index (χ2v) is 7.77. The molecule has 2 atom stereocenters. The van der Waals surface area contributed by atoms with E-state index in [1.807, 2.05) is 6.92 Å². The molecular formula is C19H29N3O6S. The summed E-state index contributed by atoms with van der Waals surface area (Å²) in [5, 5.41) is 3.74. The number of carbonyl (C=O) groups excluding carboxylic acids is 1. The Bertz CT molecular complexity index is 750. The van der Waals surface area contributed by atoms with Gasteiger partial charge in [-0.05, 0) is 56.2 Å². The van der Waals surface area contributed by atoms with Crippen LogP contribution in [0.4, 0.5) is 0 Å². The van der Waals surface area contributed by atoms with E-state index >= 15 is 0 Å². The van der Waals surface area contributed by atoms with Crippen molar-refractivity contribution in [1.29, 1.82) is 0 Å². The number of rotatable bonds is 15. The van der Waals surface area contributed by atoms with Crippen molar-refractivity contribution in [2.75, 3.05) is 6.61 Å². The number of esters is 1. The van der Waals surface area contributed by atoms with Crippen molar-refractivity contribution in [2.45, 2.75) is 70.4 Å². The number of benzene rings is 1. The molecule has 10 heteroatoms. The zero-order valence-electron chi connectivity index (χ0n) is 16.6. The van der Waals surface area contributed by atoms with Crippen LogP contribution in [0.2, 0.25) is 0 Å². The van der Waals surface area contributed by atoms with Crippen molar-refractivity contribution in [1.82, 2.24) is 0 Å². The van der Waals surface area contributed by atoms with E-state index in [1.54, 1.807) is 30.3 Å². The van der Waals surface area contributed by atoms with Crippen LogP contribution >= 0.6 is 0 Å². The third kappa shape index (κ3) is 12.1. The molecule has 0 heterocycles. The summed E-state index contributed by atoms with van der Waals surface area (Å²) < 4.78 is 41.1. The fourth-order valence-electron chi connectivity index (χ4n) is 2.86. The van der Waals surface area contributed by atoms with Crippen molar-refractivity contribution in [3.05, 3.63) is 46.3 Å². The molecule has 0 radical (unpaired) electrons. The number of nitrogens with zero attached hydrogens (tertiary/aromatic N) is 3. The Kier molecular flexibility index (Phi) is 12.0. The van der Waals surface area contributed by atoms with Crippen LogP contribution in [0, 0.1) is 0 Å². The van der Waals surface area contributed by atoms with Gasteiger partial charge < -0.3 is 4.74 Å². The highest BCUT2D eigenvalue weighted by Crippen LogP contribution is 2.19. The Balaban J connectivity index is 2.43. The fourth-order valence-corrected chi connectivity index (χ4v) is 3.40. The van der Waals surface area contributed by atoms with Gasteiger partial charge in [-0.15, -0.1) is 0 Å². The van der Waals surface area contributed by atoms with E-state index in [2.05, 4.69) is 10.0 Å². The molecule has 29 heavy (non-hydrogen) atoms. The van der Waals surface area contributed by atoms with Crippen LogP contribution < -0.4 is 0 Å². The van der Waals surface area contributed by atoms with E-state index in [1.165, 1.54) is 0 Å². The van der Waals surface area contributed by atoms with Crippen LogP contribution in [0.15, 0.2) is 35.4 Å². The molecule has 1 N–H and O–H groups in total. The minimum atomic E-state index is -4.58. The highest BCUT2D eigenvalue weighted by molar-refractivity contribution is 7.80. The number of hydrogen-bond acceptors (Lipinski definition) is 6. The molecule has 0 bridgehead atoms. The summed E-state index contributed by atoms with van der Waals surface area (Å²) in [6, 6.07) is 8.39. The second kappa shape index (κ2) is 13.9. The van der Waals surface area contributed by atoms with Gasteiger partial charge in [0.2, 0.25) is 0 Å². The molecular weight excluding hydrogens is 398 g/mol. The van der Waals surface area contributed by atoms with Gasteiger partial charge in [0, 0.05) is 11.0 Å². The first-order valence-corrected chi connectivity index (χ1v) is 11.1. The van der Waals surface area contributed by atoms with Gasteiger partial charge in [0.25, 0.3) is 0 Å². The molecule has 0 saturated carbocycles. The Hall–Kier alpha value is -2.13. The molecule has 1 rings (SSSR count). The first-order valence-electron chi connectivity index (χ1n) is 9.77. The quantitative estimate of drug-likeness (QED) is 0.106. The minimum absolute atomic E-state index is 0.199. The van der Waals surface area contributed by atoms with Crippen LogP contribution in [0.1, 0.15) is 68.6 Å². The number of carbonyl (C=O) groups is 1. The average Bonchev–Trinajstić information content (AvgIpc) is 2.68. The molecule has 1 aromatic rings. The van der Waals surface area contributed by atoms with Crippen molar-refractivity contribution in [2.24, 2.45) is 5.11 Å². The van der Waals surface area contributed by atoms with Crippen molar-refractivity contribution in [3.8, 4) is 0 Å². The maximum Gasteiger partial charge on any atom is 0.397 e. The van der Waals surface area contributed by atoms with Gasteiger partial charge in [0.05, 0.1) is 18.3 Å². The minimum Gasteiger partial charge on any atom is -0.462 e. The zero-order valence-corrected chi connectivity index (χ0v) is 17.5. The molecule has 0 aromatic heterocycles. The second-order valence-electron chi connectivity index (χ2n) is 6.72. The van der Waals surface area contributed by atoms with Gasteiger partial charge in [0.1, 0.15) is 0 Å². The first kappa shape index (κ1) is 24.9. The lowest BCUT2D eigenvalue weighted by Crippen LogP contribution is -2.20. The summed E-state index contributed by atoms with van der Waals surface area (Å²) in [6.45, 7) is 2.23.